The summed E-state index contributed by atoms with van der Waals surface area (Å²) < 4.78 is 7.56. The van der Waals surface area contributed by atoms with E-state index in [-0.39, 0.29) is 11.9 Å². The fourth-order valence-corrected chi connectivity index (χ4v) is 3.90. The maximum atomic E-state index is 12.9. The van der Waals surface area contributed by atoms with Crippen LogP contribution in [0.1, 0.15) is 24.1 Å². The first kappa shape index (κ1) is 17.2. The molecule has 1 atom stereocenters. The summed E-state index contributed by atoms with van der Waals surface area (Å²) in [6, 6.07) is 10.4. The Hall–Kier alpha value is -2.18. The van der Waals surface area contributed by atoms with Gasteiger partial charge in [0.05, 0.1) is 31.3 Å². The number of ether oxygens (including phenoxy) is 1. The van der Waals surface area contributed by atoms with Crippen LogP contribution in [0.15, 0.2) is 42.9 Å². The summed E-state index contributed by atoms with van der Waals surface area (Å²) in [5, 5.41) is 0. The summed E-state index contributed by atoms with van der Waals surface area (Å²) in [7, 11) is 0. The fourth-order valence-electron chi connectivity index (χ4n) is 3.90. The Morgan fingerprint density at radius 2 is 1.92 bits per heavy atom. The van der Waals surface area contributed by atoms with Gasteiger partial charge in [0.25, 0.3) is 0 Å². The van der Waals surface area contributed by atoms with Gasteiger partial charge in [-0.05, 0) is 24.9 Å². The zero-order chi connectivity index (χ0) is 17.8. The molecule has 2 aliphatic rings. The molecule has 3 heterocycles. The molecule has 1 amide bonds. The van der Waals surface area contributed by atoms with Crippen molar-refractivity contribution in [1.82, 2.24) is 19.4 Å². The molecule has 138 valence electrons. The molecule has 1 aromatic heterocycles. The van der Waals surface area contributed by atoms with E-state index in [0.717, 1.165) is 51.3 Å². The van der Waals surface area contributed by atoms with Crippen molar-refractivity contribution in [2.24, 2.45) is 0 Å². The van der Waals surface area contributed by atoms with Gasteiger partial charge >= 0.3 is 0 Å². The number of rotatable bonds is 5. The van der Waals surface area contributed by atoms with Gasteiger partial charge in [-0.1, -0.05) is 30.3 Å². The van der Waals surface area contributed by atoms with Gasteiger partial charge in [0.1, 0.15) is 0 Å². The number of hydrogen-bond acceptors (Lipinski definition) is 4. The van der Waals surface area contributed by atoms with Crippen LogP contribution in [0.4, 0.5) is 0 Å². The number of imidazole rings is 1. The number of carbonyl (C=O) groups is 1. The predicted molar refractivity (Wildman–Crippen MR) is 98.6 cm³/mol. The van der Waals surface area contributed by atoms with E-state index in [1.54, 1.807) is 0 Å². The van der Waals surface area contributed by atoms with E-state index < -0.39 is 0 Å². The third kappa shape index (κ3) is 3.81. The molecule has 0 bridgehead atoms. The Balaban J connectivity index is 1.43. The first-order valence-corrected chi connectivity index (χ1v) is 9.45. The van der Waals surface area contributed by atoms with Crippen molar-refractivity contribution < 1.29 is 9.53 Å². The SMILES string of the molecule is O=C([C@@H]1CCCN1Cc1cncn1Cc1ccccc1)N1CCOCC1. The summed E-state index contributed by atoms with van der Waals surface area (Å²) in [6.07, 6.45) is 5.84. The second kappa shape index (κ2) is 8.01. The van der Waals surface area contributed by atoms with Gasteiger partial charge in [0.2, 0.25) is 5.91 Å². The molecule has 2 saturated heterocycles. The predicted octanol–water partition coefficient (Wildman–Crippen LogP) is 1.75. The average molecular weight is 354 g/mol. The molecular formula is C20H26N4O2. The molecular weight excluding hydrogens is 328 g/mol. The Bertz CT molecular complexity index is 724. The Morgan fingerprint density at radius 1 is 1.12 bits per heavy atom. The zero-order valence-electron chi connectivity index (χ0n) is 15.1. The second-order valence-corrected chi connectivity index (χ2v) is 7.06. The summed E-state index contributed by atoms with van der Waals surface area (Å²) in [5.41, 5.74) is 2.42. The summed E-state index contributed by atoms with van der Waals surface area (Å²) in [4.78, 5) is 21.5. The highest BCUT2D eigenvalue weighted by Crippen LogP contribution is 2.22. The third-order valence-electron chi connectivity index (χ3n) is 5.33. The normalized spacial score (nSPS) is 21.2. The maximum Gasteiger partial charge on any atom is 0.240 e. The number of morpholine rings is 1. The van der Waals surface area contributed by atoms with Crippen molar-refractivity contribution in [3.63, 3.8) is 0 Å². The van der Waals surface area contributed by atoms with E-state index >= 15 is 0 Å². The summed E-state index contributed by atoms with van der Waals surface area (Å²) in [5.74, 6) is 0.264. The van der Waals surface area contributed by atoms with Crippen molar-refractivity contribution in [3.8, 4) is 0 Å². The van der Waals surface area contributed by atoms with Gasteiger partial charge in [-0.15, -0.1) is 0 Å². The van der Waals surface area contributed by atoms with E-state index in [4.69, 9.17) is 4.74 Å². The van der Waals surface area contributed by atoms with Crippen molar-refractivity contribution >= 4 is 5.91 Å². The summed E-state index contributed by atoms with van der Waals surface area (Å²) >= 11 is 0. The maximum absolute atomic E-state index is 12.9. The van der Waals surface area contributed by atoms with Crippen LogP contribution in [0.2, 0.25) is 0 Å². The van der Waals surface area contributed by atoms with Crippen molar-refractivity contribution in [3.05, 3.63) is 54.1 Å². The molecule has 0 radical (unpaired) electrons. The van der Waals surface area contributed by atoms with Gasteiger partial charge in [-0.25, -0.2) is 4.98 Å². The second-order valence-electron chi connectivity index (χ2n) is 7.06. The van der Waals surface area contributed by atoms with Crippen molar-refractivity contribution in [1.29, 1.82) is 0 Å². The standard InChI is InChI=1S/C20H26N4O2/c25-20(22-9-11-26-12-10-22)19-7-4-8-23(19)15-18-13-21-16-24(18)14-17-5-2-1-3-6-17/h1-3,5-6,13,16,19H,4,7-12,14-15H2/t19-/m0/s1. The van der Waals surface area contributed by atoms with E-state index in [1.165, 1.54) is 5.56 Å². The molecule has 0 aliphatic carbocycles. The van der Waals surface area contributed by atoms with E-state index in [2.05, 4.69) is 38.7 Å². The monoisotopic (exact) mass is 354 g/mol. The van der Waals surface area contributed by atoms with E-state index in [1.807, 2.05) is 23.5 Å². The number of aromatic nitrogens is 2. The van der Waals surface area contributed by atoms with Crippen molar-refractivity contribution in [2.45, 2.75) is 32.0 Å². The molecule has 2 aliphatic heterocycles. The topological polar surface area (TPSA) is 50.6 Å². The minimum Gasteiger partial charge on any atom is -0.378 e. The zero-order valence-corrected chi connectivity index (χ0v) is 15.1. The van der Waals surface area contributed by atoms with Crippen LogP contribution < -0.4 is 0 Å². The van der Waals surface area contributed by atoms with Crippen LogP contribution in [0.3, 0.4) is 0 Å². The lowest BCUT2D eigenvalue weighted by Gasteiger charge is -2.32. The Labute approximate surface area is 154 Å². The first-order chi connectivity index (χ1) is 12.8. The number of nitrogens with zero attached hydrogens (tertiary/aromatic N) is 4. The minimum absolute atomic E-state index is 0.00632. The van der Waals surface area contributed by atoms with Gasteiger partial charge in [-0.2, -0.15) is 0 Å². The van der Waals surface area contributed by atoms with Crippen molar-refractivity contribution in [2.75, 3.05) is 32.8 Å². The Morgan fingerprint density at radius 3 is 2.73 bits per heavy atom. The highest BCUT2D eigenvalue weighted by Gasteiger charge is 2.34. The first-order valence-electron chi connectivity index (χ1n) is 9.45. The fraction of sp³-hybridized carbons (Fsp3) is 0.500. The number of benzene rings is 1. The molecule has 6 heteroatoms. The lowest BCUT2D eigenvalue weighted by atomic mass is 10.1. The average Bonchev–Trinajstić information content (AvgIpc) is 3.33. The smallest absolute Gasteiger partial charge is 0.240 e. The molecule has 0 unspecified atom stereocenters. The number of carbonyl (C=O) groups excluding carboxylic acids is 1. The number of hydrogen-bond donors (Lipinski definition) is 0. The molecule has 1 aromatic carbocycles. The lowest BCUT2D eigenvalue weighted by molar-refractivity contribution is -0.140. The minimum atomic E-state index is -0.00632. The highest BCUT2D eigenvalue weighted by atomic mass is 16.5. The molecule has 26 heavy (non-hydrogen) atoms. The molecule has 6 nitrogen and oxygen atoms in total. The molecule has 2 aromatic rings. The van der Waals surface area contributed by atoms with Crippen LogP contribution in [-0.4, -0.2) is 64.1 Å². The number of likely N-dealkylation sites (tertiary alicyclic amines) is 1. The molecule has 2 fully saturated rings. The lowest BCUT2D eigenvalue weighted by Crippen LogP contribution is -2.49. The molecule has 4 rings (SSSR count). The highest BCUT2D eigenvalue weighted by molar-refractivity contribution is 5.82. The van der Waals surface area contributed by atoms with E-state index in [0.29, 0.717) is 13.2 Å². The van der Waals surface area contributed by atoms with Crippen LogP contribution in [0, 0.1) is 0 Å². The largest absolute Gasteiger partial charge is 0.378 e. The van der Waals surface area contributed by atoms with E-state index in [9.17, 15) is 4.79 Å². The third-order valence-corrected chi connectivity index (χ3v) is 5.33. The molecule has 0 N–H and O–H groups in total. The van der Waals surface area contributed by atoms with Gasteiger partial charge < -0.3 is 14.2 Å². The van der Waals surface area contributed by atoms with Crippen LogP contribution in [-0.2, 0) is 22.6 Å². The Kier molecular flexibility index (Phi) is 5.32. The van der Waals surface area contributed by atoms with Gasteiger partial charge in [0.15, 0.2) is 0 Å². The quantitative estimate of drug-likeness (QED) is 0.821. The summed E-state index contributed by atoms with van der Waals surface area (Å²) in [6.45, 7) is 5.30. The molecule has 0 saturated carbocycles. The van der Waals surface area contributed by atoms with Gasteiger partial charge in [-0.3, -0.25) is 9.69 Å². The molecule has 0 spiro atoms. The van der Waals surface area contributed by atoms with Gasteiger partial charge in [0, 0.05) is 32.4 Å². The number of amides is 1. The van der Waals surface area contributed by atoms with Crippen LogP contribution in [0.25, 0.3) is 0 Å². The van der Waals surface area contributed by atoms with Crippen LogP contribution >= 0.6 is 0 Å². The van der Waals surface area contributed by atoms with Crippen LogP contribution in [0.5, 0.6) is 0 Å².